The van der Waals surface area contributed by atoms with E-state index in [0.29, 0.717) is 6.54 Å². The predicted molar refractivity (Wildman–Crippen MR) is 103 cm³/mol. The maximum Gasteiger partial charge on any atom is 0.418 e. The number of aryl methyl sites for hydroxylation is 1. The van der Waals surface area contributed by atoms with Crippen LogP contribution in [-0.2, 0) is 15.8 Å². The van der Waals surface area contributed by atoms with Crippen LogP contribution in [0.2, 0.25) is 0 Å². The van der Waals surface area contributed by atoms with Gasteiger partial charge < -0.3 is 10.2 Å². The lowest BCUT2D eigenvalue weighted by molar-refractivity contribution is -0.137. The fourth-order valence-corrected chi connectivity index (χ4v) is 3.69. The Hall–Kier alpha value is -2.35. The fourth-order valence-electron chi connectivity index (χ4n) is 3.44. The van der Waals surface area contributed by atoms with Gasteiger partial charge in [-0.1, -0.05) is 40.2 Å². The summed E-state index contributed by atoms with van der Waals surface area (Å²) < 4.78 is 40.5. The van der Waals surface area contributed by atoms with Crippen LogP contribution in [0.4, 0.5) is 18.9 Å². The van der Waals surface area contributed by atoms with Crippen molar-refractivity contribution >= 4 is 33.4 Å². The van der Waals surface area contributed by atoms with Gasteiger partial charge in [0.15, 0.2) is 0 Å². The Balaban J connectivity index is 1.93. The molecule has 28 heavy (non-hydrogen) atoms. The highest BCUT2D eigenvalue weighted by molar-refractivity contribution is 9.10. The van der Waals surface area contributed by atoms with Crippen molar-refractivity contribution in [1.82, 2.24) is 4.90 Å². The maximum absolute atomic E-state index is 13.2. The number of benzene rings is 2. The molecule has 1 aliphatic rings. The number of likely N-dealkylation sites (N-methyl/N-ethyl adjacent to an activating group) is 1. The smallest absolute Gasteiger partial charge is 0.344 e. The van der Waals surface area contributed by atoms with Crippen molar-refractivity contribution < 1.29 is 22.8 Å². The number of hydrogen-bond acceptors (Lipinski definition) is 2. The van der Waals surface area contributed by atoms with E-state index in [9.17, 15) is 22.8 Å². The van der Waals surface area contributed by atoms with Crippen LogP contribution in [0.3, 0.4) is 0 Å². The van der Waals surface area contributed by atoms with Gasteiger partial charge in [0.25, 0.3) is 0 Å². The van der Waals surface area contributed by atoms with Crippen LogP contribution in [0.1, 0.15) is 22.6 Å². The van der Waals surface area contributed by atoms with Crippen molar-refractivity contribution in [3.05, 3.63) is 63.6 Å². The Morgan fingerprint density at radius 3 is 2.54 bits per heavy atom. The molecule has 0 aromatic heterocycles. The first-order valence-electron chi connectivity index (χ1n) is 8.57. The lowest BCUT2D eigenvalue weighted by Gasteiger charge is -2.19. The van der Waals surface area contributed by atoms with E-state index in [4.69, 9.17) is 0 Å². The molecule has 1 N–H and O–H groups in total. The third kappa shape index (κ3) is 3.92. The standard InChI is InChI=1S/C20H18BrF3N2O2/c1-11-9-12(7-8-15(11)21)13-10-26(2)19(28)17(13)18(27)25-16-6-4-3-5-14(16)20(22,23)24/h3-9,13,17H,10H2,1-2H3,(H,25,27)/t13-,17+/m1/s1. The van der Waals surface area contributed by atoms with Gasteiger partial charge >= 0.3 is 6.18 Å². The van der Waals surface area contributed by atoms with Gasteiger partial charge in [0.05, 0.1) is 11.3 Å². The van der Waals surface area contributed by atoms with Gasteiger partial charge in [0.1, 0.15) is 5.92 Å². The Morgan fingerprint density at radius 1 is 1.21 bits per heavy atom. The zero-order valence-electron chi connectivity index (χ0n) is 15.2. The number of halogens is 4. The molecular weight excluding hydrogens is 437 g/mol. The van der Waals surface area contributed by atoms with Crippen molar-refractivity contribution in [1.29, 1.82) is 0 Å². The number of para-hydroxylation sites is 1. The minimum absolute atomic E-state index is 0.318. The molecule has 2 aromatic rings. The van der Waals surface area contributed by atoms with E-state index >= 15 is 0 Å². The molecule has 8 heteroatoms. The first-order valence-corrected chi connectivity index (χ1v) is 9.37. The summed E-state index contributed by atoms with van der Waals surface area (Å²) in [7, 11) is 1.58. The first kappa shape index (κ1) is 20.4. The van der Waals surface area contributed by atoms with Gasteiger partial charge in [-0.05, 0) is 36.2 Å². The van der Waals surface area contributed by atoms with E-state index in [1.165, 1.54) is 23.1 Å². The number of rotatable bonds is 3. The number of carbonyl (C=O) groups is 2. The molecule has 0 aliphatic carbocycles. The van der Waals surface area contributed by atoms with Crippen LogP contribution in [0.5, 0.6) is 0 Å². The topological polar surface area (TPSA) is 49.4 Å². The van der Waals surface area contributed by atoms with E-state index in [2.05, 4.69) is 21.2 Å². The lowest BCUT2D eigenvalue weighted by atomic mass is 9.87. The first-order chi connectivity index (χ1) is 13.1. The molecule has 148 valence electrons. The Labute approximate surface area is 168 Å². The number of alkyl halides is 3. The SMILES string of the molecule is Cc1cc([C@H]2CN(C)C(=O)[C@@H]2C(=O)Nc2ccccc2C(F)(F)F)ccc1Br. The van der Waals surface area contributed by atoms with E-state index in [1.807, 2.05) is 25.1 Å². The summed E-state index contributed by atoms with van der Waals surface area (Å²) in [6.07, 6.45) is -4.61. The highest BCUT2D eigenvalue weighted by Gasteiger charge is 2.45. The Morgan fingerprint density at radius 2 is 1.89 bits per heavy atom. The Bertz CT molecular complexity index is 930. The third-order valence-corrected chi connectivity index (χ3v) is 5.79. The Kier molecular flexibility index (Phi) is 5.52. The molecule has 0 spiro atoms. The van der Waals surface area contributed by atoms with Crippen LogP contribution in [0.15, 0.2) is 46.9 Å². The molecule has 1 heterocycles. The summed E-state index contributed by atoms with van der Waals surface area (Å²) in [6.45, 7) is 2.21. The molecule has 3 rings (SSSR count). The van der Waals surface area contributed by atoms with Crippen molar-refractivity contribution in [2.75, 3.05) is 18.9 Å². The highest BCUT2D eigenvalue weighted by Crippen LogP contribution is 2.38. The van der Waals surface area contributed by atoms with Crippen LogP contribution < -0.4 is 5.32 Å². The van der Waals surface area contributed by atoms with E-state index in [1.54, 1.807) is 7.05 Å². The second kappa shape index (κ2) is 7.58. The molecule has 0 radical (unpaired) electrons. The summed E-state index contributed by atoms with van der Waals surface area (Å²) in [5.41, 5.74) is 0.440. The fraction of sp³-hybridized carbons (Fsp3) is 0.300. The van der Waals surface area contributed by atoms with Crippen molar-refractivity contribution in [3.8, 4) is 0 Å². The van der Waals surface area contributed by atoms with E-state index in [0.717, 1.165) is 21.7 Å². The minimum atomic E-state index is -4.61. The largest absolute Gasteiger partial charge is 0.418 e. The van der Waals surface area contributed by atoms with Gasteiger partial charge in [0.2, 0.25) is 11.8 Å². The molecule has 0 unspecified atom stereocenters. The second-order valence-corrected chi connectivity index (χ2v) is 7.70. The summed E-state index contributed by atoms with van der Waals surface area (Å²) in [5, 5.41) is 2.32. The molecule has 2 aromatic carbocycles. The van der Waals surface area contributed by atoms with E-state index in [-0.39, 0.29) is 5.69 Å². The summed E-state index contributed by atoms with van der Waals surface area (Å²) in [5.74, 6) is -2.68. The monoisotopic (exact) mass is 454 g/mol. The van der Waals surface area contributed by atoms with Crippen molar-refractivity contribution in [3.63, 3.8) is 0 Å². The highest BCUT2D eigenvalue weighted by atomic mass is 79.9. The molecule has 1 saturated heterocycles. The van der Waals surface area contributed by atoms with Crippen molar-refractivity contribution in [2.24, 2.45) is 5.92 Å². The molecule has 4 nitrogen and oxygen atoms in total. The molecule has 1 aliphatic heterocycles. The zero-order chi connectivity index (χ0) is 20.6. The average Bonchev–Trinajstić information content (AvgIpc) is 2.92. The lowest BCUT2D eigenvalue weighted by Crippen LogP contribution is -2.33. The maximum atomic E-state index is 13.2. The number of amides is 2. The number of anilines is 1. The molecule has 1 fully saturated rings. The van der Waals surface area contributed by atoms with Gasteiger partial charge in [-0.2, -0.15) is 13.2 Å². The zero-order valence-corrected chi connectivity index (χ0v) is 16.8. The van der Waals surface area contributed by atoms with Crippen molar-refractivity contribution in [2.45, 2.75) is 19.0 Å². The second-order valence-electron chi connectivity index (χ2n) is 6.84. The van der Waals surface area contributed by atoms with E-state index < -0.39 is 35.4 Å². The minimum Gasteiger partial charge on any atom is -0.344 e. The number of hydrogen-bond donors (Lipinski definition) is 1. The number of nitrogens with one attached hydrogen (secondary N) is 1. The van der Waals surface area contributed by atoms with Gasteiger partial charge in [-0.25, -0.2) is 0 Å². The number of likely N-dealkylation sites (tertiary alicyclic amines) is 1. The average molecular weight is 455 g/mol. The number of nitrogens with zero attached hydrogens (tertiary/aromatic N) is 1. The number of carbonyl (C=O) groups excluding carboxylic acids is 2. The van der Waals surface area contributed by atoms with Crippen LogP contribution >= 0.6 is 15.9 Å². The molecule has 2 atom stereocenters. The van der Waals surface area contributed by atoms with Gasteiger partial charge in [-0.3, -0.25) is 9.59 Å². The normalized spacial score (nSPS) is 19.8. The van der Waals surface area contributed by atoms with Crippen LogP contribution in [-0.4, -0.2) is 30.3 Å². The van der Waals surface area contributed by atoms with Crippen LogP contribution in [0, 0.1) is 12.8 Å². The van der Waals surface area contributed by atoms with Crippen LogP contribution in [0.25, 0.3) is 0 Å². The van der Waals surface area contributed by atoms with Gasteiger partial charge in [-0.15, -0.1) is 0 Å². The molecular formula is C20H18BrF3N2O2. The summed E-state index contributed by atoms with van der Waals surface area (Å²) >= 11 is 3.41. The summed E-state index contributed by atoms with van der Waals surface area (Å²) in [4.78, 5) is 26.9. The predicted octanol–water partition coefficient (Wildman–Crippen LogP) is 4.59. The third-order valence-electron chi connectivity index (χ3n) is 4.90. The van der Waals surface area contributed by atoms with Gasteiger partial charge in [0, 0.05) is 24.0 Å². The summed E-state index contributed by atoms with van der Waals surface area (Å²) in [6, 6.07) is 10.3. The quantitative estimate of drug-likeness (QED) is 0.689. The molecule has 2 amide bonds. The molecule has 0 bridgehead atoms. The molecule has 0 saturated carbocycles.